The fourth-order valence-corrected chi connectivity index (χ4v) is 1.93. The summed E-state index contributed by atoms with van der Waals surface area (Å²) in [5.41, 5.74) is 6.12. The highest BCUT2D eigenvalue weighted by atomic mass is 16.2. The fraction of sp³-hybridized carbons (Fsp3) is 0.167. The number of carbonyl (C=O) groups is 2. The Morgan fingerprint density at radius 3 is 2.43 bits per heavy atom. The van der Waals surface area contributed by atoms with E-state index in [1.54, 1.807) is 0 Å². The van der Waals surface area contributed by atoms with Crippen molar-refractivity contribution < 1.29 is 9.59 Å². The number of nitrogens with zero attached hydrogens (tertiary/aromatic N) is 1. The molecule has 5 heteroatoms. The number of nitrogens with one attached hydrogen (secondary N) is 2. The molecule has 0 unspecified atom stereocenters. The Bertz CT molecular complexity index is 724. The molecule has 0 fully saturated rings. The van der Waals surface area contributed by atoms with Crippen molar-refractivity contribution >= 4 is 23.7 Å². The number of hydrogen-bond donors (Lipinski definition) is 2. The van der Waals surface area contributed by atoms with Gasteiger partial charge in [-0.05, 0) is 42.7 Å². The summed E-state index contributed by atoms with van der Waals surface area (Å²) in [6.45, 7) is 3.97. The molecule has 2 N–H and O–H groups in total. The van der Waals surface area contributed by atoms with E-state index in [9.17, 15) is 9.59 Å². The number of aryl methyl sites for hydroxylation is 2. The lowest BCUT2D eigenvalue weighted by Crippen LogP contribution is -2.24. The van der Waals surface area contributed by atoms with E-state index in [-0.39, 0.29) is 12.3 Å². The maximum absolute atomic E-state index is 11.8. The topological polar surface area (TPSA) is 70.6 Å². The molecule has 0 atom stereocenters. The van der Waals surface area contributed by atoms with Gasteiger partial charge in [0.05, 0.1) is 6.21 Å². The number of hydrogen-bond acceptors (Lipinski definition) is 3. The predicted octanol–water partition coefficient (Wildman–Crippen LogP) is 2.78. The number of benzene rings is 2. The molecule has 2 amide bonds. The Labute approximate surface area is 135 Å². The molecule has 0 aliphatic heterocycles. The van der Waals surface area contributed by atoms with Crippen molar-refractivity contribution in [3.63, 3.8) is 0 Å². The van der Waals surface area contributed by atoms with Crippen LogP contribution in [0.5, 0.6) is 0 Å². The van der Waals surface area contributed by atoms with Crippen molar-refractivity contribution in [2.45, 2.75) is 20.3 Å². The van der Waals surface area contributed by atoms with Crippen LogP contribution >= 0.6 is 0 Å². The van der Waals surface area contributed by atoms with Crippen LogP contribution in [0.4, 0.5) is 5.69 Å². The van der Waals surface area contributed by atoms with Crippen molar-refractivity contribution in [1.82, 2.24) is 5.43 Å². The predicted molar refractivity (Wildman–Crippen MR) is 91.3 cm³/mol. The smallest absolute Gasteiger partial charge is 0.249 e. The first-order valence-electron chi connectivity index (χ1n) is 7.28. The first-order valence-corrected chi connectivity index (χ1v) is 7.28. The standard InChI is InChI=1S/C18H19N3O2/c1-13-8-9-16(10-14(13)2)20-17(22)11-18(23)21-19-12-15-6-4-3-5-7-15/h3-10,12H,11H2,1-2H3,(H,20,22)(H,21,23). The molecule has 0 spiro atoms. The molecule has 0 saturated carbocycles. The lowest BCUT2D eigenvalue weighted by atomic mass is 10.1. The van der Waals surface area contributed by atoms with Crippen LogP contribution in [0.25, 0.3) is 0 Å². The minimum atomic E-state index is -0.460. The summed E-state index contributed by atoms with van der Waals surface area (Å²) in [7, 11) is 0. The molecule has 0 aromatic heterocycles. The number of anilines is 1. The van der Waals surface area contributed by atoms with Crippen molar-refractivity contribution in [3.05, 3.63) is 65.2 Å². The number of hydrazone groups is 1. The van der Waals surface area contributed by atoms with Crippen LogP contribution in [-0.4, -0.2) is 18.0 Å². The van der Waals surface area contributed by atoms with Crippen molar-refractivity contribution in [2.75, 3.05) is 5.32 Å². The van der Waals surface area contributed by atoms with E-state index in [2.05, 4.69) is 15.8 Å². The van der Waals surface area contributed by atoms with Gasteiger partial charge < -0.3 is 5.32 Å². The molecule has 0 aliphatic carbocycles. The van der Waals surface area contributed by atoms with Crippen LogP contribution in [0.1, 0.15) is 23.1 Å². The SMILES string of the molecule is Cc1ccc(NC(=O)CC(=O)NN=Cc2ccccc2)cc1C. The molecule has 0 radical (unpaired) electrons. The second kappa shape index (κ2) is 7.89. The number of rotatable bonds is 5. The maximum Gasteiger partial charge on any atom is 0.249 e. The fourth-order valence-electron chi connectivity index (χ4n) is 1.93. The molecule has 0 heterocycles. The van der Waals surface area contributed by atoms with Gasteiger partial charge in [0.1, 0.15) is 6.42 Å². The molecule has 0 saturated heterocycles. The second-order valence-corrected chi connectivity index (χ2v) is 5.23. The van der Waals surface area contributed by atoms with Gasteiger partial charge in [-0.1, -0.05) is 36.4 Å². The van der Waals surface area contributed by atoms with Gasteiger partial charge in [0.25, 0.3) is 0 Å². The number of amides is 2. The van der Waals surface area contributed by atoms with Gasteiger partial charge in [0.2, 0.25) is 11.8 Å². The summed E-state index contributed by atoms with van der Waals surface area (Å²) in [6, 6.07) is 15.0. The van der Waals surface area contributed by atoms with E-state index < -0.39 is 5.91 Å². The minimum absolute atomic E-state index is 0.279. The molecule has 0 bridgehead atoms. The summed E-state index contributed by atoms with van der Waals surface area (Å²) >= 11 is 0. The van der Waals surface area contributed by atoms with E-state index in [0.29, 0.717) is 5.69 Å². The van der Waals surface area contributed by atoms with Crippen LogP contribution in [0, 0.1) is 13.8 Å². The van der Waals surface area contributed by atoms with Crippen LogP contribution < -0.4 is 10.7 Å². The van der Waals surface area contributed by atoms with Gasteiger partial charge in [-0.3, -0.25) is 9.59 Å². The third-order valence-electron chi connectivity index (χ3n) is 3.31. The molecule has 23 heavy (non-hydrogen) atoms. The number of carbonyl (C=O) groups excluding carboxylic acids is 2. The highest BCUT2D eigenvalue weighted by Gasteiger charge is 2.09. The lowest BCUT2D eigenvalue weighted by molar-refractivity contribution is -0.126. The zero-order valence-corrected chi connectivity index (χ0v) is 13.2. The maximum atomic E-state index is 11.8. The summed E-state index contributed by atoms with van der Waals surface area (Å²) in [5.74, 6) is -0.834. The van der Waals surface area contributed by atoms with Crippen LogP contribution in [0.15, 0.2) is 53.6 Å². The van der Waals surface area contributed by atoms with Gasteiger partial charge in [0.15, 0.2) is 0 Å². The second-order valence-electron chi connectivity index (χ2n) is 5.23. The van der Waals surface area contributed by atoms with Crippen LogP contribution in [-0.2, 0) is 9.59 Å². The zero-order valence-electron chi connectivity index (χ0n) is 13.2. The highest BCUT2D eigenvalue weighted by molar-refractivity contribution is 6.03. The van der Waals surface area contributed by atoms with Gasteiger partial charge in [-0.25, -0.2) is 5.43 Å². The van der Waals surface area contributed by atoms with E-state index in [4.69, 9.17) is 0 Å². The van der Waals surface area contributed by atoms with E-state index in [1.807, 2.05) is 62.4 Å². The first-order chi connectivity index (χ1) is 11.0. The van der Waals surface area contributed by atoms with Gasteiger partial charge in [0, 0.05) is 5.69 Å². The molecular weight excluding hydrogens is 290 g/mol. The van der Waals surface area contributed by atoms with Crippen molar-refractivity contribution in [2.24, 2.45) is 5.10 Å². The van der Waals surface area contributed by atoms with Gasteiger partial charge in [-0.2, -0.15) is 5.10 Å². The largest absolute Gasteiger partial charge is 0.326 e. The molecule has 0 aliphatic rings. The van der Waals surface area contributed by atoms with Crippen LogP contribution in [0.2, 0.25) is 0 Å². The van der Waals surface area contributed by atoms with Gasteiger partial charge in [-0.15, -0.1) is 0 Å². The minimum Gasteiger partial charge on any atom is -0.326 e. The summed E-state index contributed by atoms with van der Waals surface area (Å²) in [6.07, 6.45) is 1.25. The summed E-state index contributed by atoms with van der Waals surface area (Å²) in [4.78, 5) is 23.5. The Morgan fingerprint density at radius 1 is 1.00 bits per heavy atom. The van der Waals surface area contributed by atoms with Crippen molar-refractivity contribution in [3.8, 4) is 0 Å². The molecule has 5 nitrogen and oxygen atoms in total. The quantitative estimate of drug-likeness (QED) is 0.506. The van der Waals surface area contributed by atoms with Gasteiger partial charge >= 0.3 is 0 Å². The Morgan fingerprint density at radius 2 is 1.74 bits per heavy atom. The molecule has 118 valence electrons. The molecule has 2 aromatic rings. The highest BCUT2D eigenvalue weighted by Crippen LogP contribution is 2.14. The normalized spacial score (nSPS) is 10.5. The van der Waals surface area contributed by atoms with E-state index in [0.717, 1.165) is 16.7 Å². The Balaban J connectivity index is 1.81. The van der Waals surface area contributed by atoms with Crippen molar-refractivity contribution in [1.29, 1.82) is 0 Å². The van der Waals surface area contributed by atoms with Crippen LogP contribution in [0.3, 0.4) is 0 Å². The average molecular weight is 309 g/mol. The molecular formula is C18H19N3O2. The molecule has 2 aromatic carbocycles. The Kier molecular flexibility index (Phi) is 5.63. The van der Waals surface area contributed by atoms with E-state index in [1.165, 1.54) is 6.21 Å². The third-order valence-corrected chi connectivity index (χ3v) is 3.31. The summed E-state index contributed by atoms with van der Waals surface area (Å²) in [5, 5.41) is 6.52. The van der Waals surface area contributed by atoms with E-state index >= 15 is 0 Å². The first kappa shape index (κ1) is 16.4. The molecule has 2 rings (SSSR count). The zero-order chi connectivity index (χ0) is 16.7. The Hall–Kier alpha value is -2.95. The monoisotopic (exact) mass is 309 g/mol. The lowest BCUT2D eigenvalue weighted by Gasteiger charge is -2.07. The summed E-state index contributed by atoms with van der Waals surface area (Å²) < 4.78 is 0. The average Bonchev–Trinajstić information content (AvgIpc) is 2.52. The third kappa shape index (κ3) is 5.39.